The Kier molecular flexibility index (Phi) is 5.82. The standard InChI is InChI=1S/C24H32N6O3/c1-24(2)7-6-15-16(13-24)18-19-20(33-23(18)29-21(15)26-9-12-31)22(28-14-27-19)25-8-4-11-30-10-3-5-17(30)32/h14,31H,3-13H2,1-2H3,(H,26,29)(H,25,27,28). The Hall–Kier alpha value is -2.94. The largest absolute Gasteiger partial charge is 0.432 e. The zero-order valence-corrected chi connectivity index (χ0v) is 19.4. The molecule has 9 nitrogen and oxygen atoms in total. The van der Waals surface area contributed by atoms with Gasteiger partial charge in [0.1, 0.15) is 17.7 Å². The third kappa shape index (κ3) is 4.21. The van der Waals surface area contributed by atoms with E-state index in [1.54, 1.807) is 6.33 Å². The minimum Gasteiger partial charge on any atom is -0.432 e. The van der Waals surface area contributed by atoms with E-state index in [0.717, 1.165) is 61.9 Å². The number of furan rings is 1. The molecule has 1 aliphatic heterocycles. The Labute approximate surface area is 193 Å². The third-order valence-corrected chi connectivity index (χ3v) is 6.80. The molecule has 0 radical (unpaired) electrons. The maximum absolute atomic E-state index is 11.8. The van der Waals surface area contributed by atoms with Gasteiger partial charge in [-0.1, -0.05) is 13.8 Å². The van der Waals surface area contributed by atoms with Gasteiger partial charge < -0.3 is 25.1 Å². The van der Waals surface area contributed by atoms with Gasteiger partial charge in [-0.25, -0.2) is 9.97 Å². The van der Waals surface area contributed by atoms with Crippen molar-refractivity contribution in [2.75, 3.05) is 43.4 Å². The lowest BCUT2D eigenvalue weighted by atomic mass is 9.74. The highest BCUT2D eigenvalue weighted by Gasteiger charge is 2.31. The summed E-state index contributed by atoms with van der Waals surface area (Å²) < 4.78 is 6.22. The Bertz CT molecular complexity index is 1190. The van der Waals surface area contributed by atoms with Gasteiger partial charge >= 0.3 is 0 Å². The maximum atomic E-state index is 11.8. The smallest absolute Gasteiger partial charge is 0.231 e. The molecule has 3 N–H and O–H groups in total. The summed E-state index contributed by atoms with van der Waals surface area (Å²) >= 11 is 0. The molecule has 0 spiro atoms. The van der Waals surface area contributed by atoms with Crippen LogP contribution in [0.1, 0.15) is 50.7 Å². The van der Waals surface area contributed by atoms with Gasteiger partial charge in [0.05, 0.1) is 12.0 Å². The second-order valence-corrected chi connectivity index (χ2v) is 9.86. The molecular weight excluding hydrogens is 420 g/mol. The molecule has 0 atom stereocenters. The fourth-order valence-corrected chi connectivity index (χ4v) is 5.07. The fourth-order valence-electron chi connectivity index (χ4n) is 5.07. The second-order valence-electron chi connectivity index (χ2n) is 9.86. The number of pyridine rings is 1. The van der Waals surface area contributed by atoms with Crippen molar-refractivity contribution in [2.45, 2.75) is 52.4 Å². The predicted molar refractivity (Wildman–Crippen MR) is 127 cm³/mol. The van der Waals surface area contributed by atoms with Crippen LogP contribution in [0.2, 0.25) is 0 Å². The Morgan fingerprint density at radius 1 is 1.15 bits per heavy atom. The number of nitrogens with one attached hydrogen (secondary N) is 2. The topological polar surface area (TPSA) is 116 Å². The van der Waals surface area contributed by atoms with Gasteiger partial charge in [-0.15, -0.1) is 0 Å². The molecule has 3 aromatic rings. The average Bonchev–Trinajstić information content (AvgIpc) is 3.37. The molecule has 1 saturated heterocycles. The van der Waals surface area contributed by atoms with Crippen LogP contribution in [0.3, 0.4) is 0 Å². The zero-order valence-electron chi connectivity index (χ0n) is 19.4. The summed E-state index contributed by atoms with van der Waals surface area (Å²) in [6, 6.07) is 0. The number of aliphatic hydroxyl groups excluding tert-OH is 1. The molecule has 2 aliphatic rings. The van der Waals surface area contributed by atoms with E-state index in [-0.39, 0.29) is 17.9 Å². The number of aromatic nitrogens is 3. The maximum Gasteiger partial charge on any atom is 0.231 e. The van der Waals surface area contributed by atoms with E-state index < -0.39 is 0 Å². The highest BCUT2D eigenvalue weighted by molar-refractivity contribution is 6.07. The number of amides is 1. The van der Waals surface area contributed by atoms with Crippen LogP contribution in [0.4, 0.5) is 11.6 Å². The molecule has 3 aromatic heterocycles. The molecule has 0 unspecified atom stereocenters. The van der Waals surface area contributed by atoms with Crippen LogP contribution in [0, 0.1) is 5.41 Å². The van der Waals surface area contributed by atoms with E-state index >= 15 is 0 Å². The normalized spacial score (nSPS) is 17.7. The lowest BCUT2D eigenvalue weighted by Gasteiger charge is -2.32. The molecule has 1 fully saturated rings. The molecular formula is C24H32N6O3. The van der Waals surface area contributed by atoms with E-state index in [0.29, 0.717) is 36.6 Å². The van der Waals surface area contributed by atoms with Crippen molar-refractivity contribution in [3.8, 4) is 0 Å². The van der Waals surface area contributed by atoms with Crippen molar-refractivity contribution < 1.29 is 14.3 Å². The minimum atomic E-state index is 0.0443. The quantitative estimate of drug-likeness (QED) is 0.447. The number of carbonyl (C=O) groups excluding carboxylic acids is 1. The summed E-state index contributed by atoms with van der Waals surface area (Å²) in [7, 11) is 0. The average molecular weight is 453 g/mol. The van der Waals surface area contributed by atoms with Gasteiger partial charge in [-0.05, 0) is 48.6 Å². The SMILES string of the molecule is CC1(C)CCc2c(NCCO)nc3oc4c(NCCCN5CCCC5=O)ncnc4c3c2C1. The minimum absolute atomic E-state index is 0.0443. The molecule has 5 rings (SSSR count). The number of nitrogens with zero attached hydrogens (tertiary/aromatic N) is 4. The van der Waals surface area contributed by atoms with Gasteiger partial charge in [0.15, 0.2) is 11.4 Å². The highest BCUT2D eigenvalue weighted by Crippen LogP contribution is 2.43. The number of aliphatic hydroxyl groups is 1. The molecule has 0 saturated carbocycles. The van der Waals surface area contributed by atoms with Crippen LogP contribution in [0.5, 0.6) is 0 Å². The van der Waals surface area contributed by atoms with Crippen LogP contribution in [-0.2, 0) is 17.6 Å². The van der Waals surface area contributed by atoms with Gasteiger partial charge in [0.2, 0.25) is 11.6 Å². The van der Waals surface area contributed by atoms with Crippen LogP contribution in [0.15, 0.2) is 10.7 Å². The molecule has 9 heteroatoms. The van der Waals surface area contributed by atoms with Crippen molar-refractivity contribution in [1.82, 2.24) is 19.9 Å². The highest BCUT2D eigenvalue weighted by atomic mass is 16.3. The summed E-state index contributed by atoms with van der Waals surface area (Å²) in [5.74, 6) is 1.69. The lowest BCUT2D eigenvalue weighted by Crippen LogP contribution is -2.27. The Balaban J connectivity index is 1.47. The Morgan fingerprint density at radius 2 is 2.00 bits per heavy atom. The van der Waals surface area contributed by atoms with Gasteiger partial charge in [-0.3, -0.25) is 4.79 Å². The van der Waals surface area contributed by atoms with Crippen molar-refractivity contribution in [3.05, 3.63) is 17.5 Å². The summed E-state index contributed by atoms with van der Waals surface area (Å²) in [4.78, 5) is 27.5. The van der Waals surface area contributed by atoms with Gasteiger partial charge in [0.25, 0.3) is 0 Å². The Morgan fingerprint density at radius 3 is 2.79 bits per heavy atom. The number of hydrogen-bond acceptors (Lipinski definition) is 8. The summed E-state index contributed by atoms with van der Waals surface area (Å²) in [5.41, 5.74) is 4.55. The van der Waals surface area contributed by atoms with Gasteiger partial charge in [0, 0.05) is 32.6 Å². The van der Waals surface area contributed by atoms with E-state index in [1.807, 2.05) is 4.90 Å². The fraction of sp³-hybridized carbons (Fsp3) is 0.583. The molecule has 1 aliphatic carbocycles. The first-order valence-corrected chi connectivity index (χ1v) is 11.9. The van der Waals surface area contributed by atoms with Crippen LogP contribution in [-0.4, -0.2) is 63.7 Å². The molecule has 1 amide bonds. The second kappa shape index (κ2) is 8.78. The number of carbonyl (C=O) groups is 1. The first-order valence-electron chi connectivity index (χ1n) is 11.9. The molecule has 0 bridgehead atoms. The van der Waals surface area contributed by atoms with Crippen LogP contribution in [0.25, 0.3) is 22.2 Å². The number of rotatable bonds is 8. The van der Waals surface area contributed by atoms with E-state index in [4.69, 9.17) is 9.40 Å². The summed E-state index contributed by atoms with van der Waals surface area (Å²) in [6.07, 6.45) is 6.97. The van der Waals surface area contributed by atoms with E-state index in [9.17, 15) is 9.90 Å². The van der Waals surface area contributed by atoms with Gasteiger partial charge in [-0.2, -0.15) is 4.98 Å². The van der Waals surface area contributed by atoms with E-state index in [2.05, 4.69) is 34.4 Å². The molecule has 176 valence electrons. The first kappa shape index (κ1) is 21.9. The molecule has 33 heavy (non-hydrogen) atoms. The van der Waals surface area contributed by atoms with Crippen LogP contribution >= 0.6 is 0 Å². The first-order chi connectivity index (χ1) is 16.0. The number of anilines is 2. The van der Waals surface area contributed by atoms with Crippen molar-refractivity contribution in [2.24, 2.45) is 5.41 Å². The number of fused-ring (bicyclic) bond motifs is 5. The molecule has 4 heterocycles. The third-order valence-electron chi connectivity index (χ3n) is 6.80. The number of likely N-dealkylation sites (tertiary alicyclic amines) is 1. The van der Waals surface area contributed by atoms with Crippen molar-refractivity contribution >= 4 is 39.7 Å². The molecule has 0 aromatic carbocycles. The lowest BCUT2D eigenvalue weighted by molar-refractivity contribution is -0.127. The number of hydrogen-bond donors (Lipinski definition) is 3. The predicted octanol–water partition coefficient (Wildman–Crippen LogP) is 3.11. The summed E-state index contributed by atoms with van der Waals surface area (Å²) in [6.45, 7) is 7.37. The van der Waals surface area contributed by atoms with Crippen molar-refractivity contribution in [1.29, 1.82) is 0 Å². The van der Waals surface area contributed by atoms with Crippen molar-refractivity contribution in [3.63, 3.8) is 0 Å². The monoisotopic (exact) mass is 452 g/mol. The zero-order chi connectivity index (χ0) is 23.0. The van der Waals surface area contributed by atoms with Crippen LogP contribution < -0.4 is 10.6 Å². The van der Waals surface area contributed by atoms with E-state index in [1.165, 1.54) is 11.1 Å². The summed E-state index contributed by atoms with van der Waals surface area (Å²) in [5, 5.41) is 16.9.